The van der Waals surface area contributed by atoms with Crippen LogP contribution in [0.15, 0.2) is 82.7 Å². The monoisotopic (exact) mass is 926 g/mol. The van der Waals surface area contributed by atoms with Crippen LogP contribution in [-0.4, -0.2) is 81.9 Å². The number of non-ortho nitro benzene ring substituents is 3. The Morgan fingerprint density at radius 3 is 1.52 bits per heavy atom. The summed E-state index contributed by atoms with van der Waals surface area (Å²) >= 11 is 2.33. The van der Waals surface area contributed by atoms with E-state index in [0.717, 1.165) is 11.8 Å². The van der Waals surface area contributed by atoms with Gasteiger partial charge in [-0.3, -0.25) is 40.0 Å². The first-order valence-corrected chi connectivity index (χ1v) is 24.1. The Labute approximate surface area is 371 Å². The van der Waals surface area contributed by atoms with Crippen LogP contribution in [-0.2, 0) is 48.0 Å². The fraction of sp³-hybridized carbons (Fsp3) is 0.400. The molecule has 3 aromatic rings. The number of thioether (sulfide) groups is 2. The summed E-state index contributed by atoms with van der Waals surface area (Å²) in [4.78, 5) is 86.6. The number of nitrogens with zero attached hydrogens (tertiary/aromatic N) is 4. The summed E-state index contributed by atoms with van der Waals surface area (Å²) in [5, 5.41) is 37.1. The summed E-state index contributed by atoms with van der Waals surface area (Å²) in [6, 6.07) is 16.3. The maximum Gasteiger partial charge on any atom is 0.407 e. The molecule has 3 atom stereocenters. The number of alkyl carbamates (subject to hydrolysis) is 2. The van der Waals surface area contributed by atoms with Gasteiger partial charge in [0.2, 0.25) is 5.91 Å². The standard InChI is InChI=1S/C40H46N6O14S2Si/c1-24(60-63(5,6)40(2,3)4)32-34(47)43-33(36(48)57-21-25-7-13-28(14-8-25)44(51)52)37(62-35(32)43)61-31(19-41-38(49)58-22-26-9-15-29(16-10-26)45(53)54)20-42-39(50)59-23-27-11-17-30(18-12-27)46(55)56/h7-18,24,31-32,35H,19-23H2,1-6H3,(H,41,49)(H,42,50)/t24-,32+,35-/m1/s1. The Balaban J connectivity index is 1.35. The maximum absolute atomic E-state index is 14.0. The molecular weight excluding hydrogens is 881 g/mol. The van der Waals surface area contributed by atoms with Gasteiger partial charge in [0, 0.05) is 54.7 Å². The third-order valence-corrected chi connectivity index (χ3v) is 17.9. The van der Waals surface area contributed by atoms with Gasteiger partial charge in [0.05, 0.1) is 31.0 Å². The SMILES string of the molecule is C[C@@H](O[Si](C)(C)C(C)(C)C)[C@H]1C(=O)N2C(C(=O)OCc3ccc([N+](=O)[O-])cc3)=C(SC(CNC(=O)OCc3ccc([N+](=O)[O-])cc3)CNC(=O)OCc3ccc([N+](=O)[O-])cc3)S[C@H]12. The summed E-state index contributed by atoms with van der Waals surface area (Å²) in [6.45, 7) is 11.3. The number of nitro groups is 3. The predicted molar refractivity (Wildman–Crippen MR) is 233 cm³/mol. The number of carbonyl (C=O) groups excluding carboxylic acids is 4. The lowest BCUT2D eigenvalue weighted by Crippen LogP contribution is -2.62. The average Bonchev–Trinajstić information content (AvgIpc) is 3.55. The Bertz CT molecular complexity index is 2180. The van der Waals surface area contributed by atoms with Crippen LogP contribution >= 0.6 is 23.5 Å². The highest BCUT2D eigenvalue weighted by molar-refractivity contribution is 8.23. The Morgan fingerprint density at radius 2 is 1.14 bits per heavy atom. The molecule has 0 aromatic heterocycles. The van der Waals surface area contributed by atoms with E-state index in [4.69, 9.17) is 18.6 Å². The van der Waals surface area contributed by atoms with Gasteiger partial charge in [0.15, 0.2) is 14.0 Å². The lowest BCUT2D eigenvalue weighted by molar-refractivity contribution is -0.385. The Kier molecular flexibility index (Phi) is 15.6. The van der Waals surface area contributed by atoms with Gasteiger partial charge in [-0.25, -0.2) is 14.4 Å². The summed E-state index contributed by atoms with van der Waals surface area (Å²) in [7, 11) is -2.34. The molecule has 2 N–H and O–H groups in total. The fourth-order valence-electron chi connectivity index (χ4n) is 5.99. The first kappa shape index (κ1) is 48.0. The van der Waals surface area contributed by atoms with Gasteiger partial charge in [-0.05, 0) is 78.1 Å². The van der Waals surface area contributed by atoms with E-state index in [1.54, 1.807) is 0 Å². The van der Waals surface area contributed by atoms with Gasteiger partial charge in [0.1, 0.15) is 25.2 Å². The second-order valence-electron chi connectivity index (χ2n) is 16.0. The first-order valence-electron chi connectivity index (χ1n) is 19.4. The van der Waals surface area contributed by atoms with Crippen molar-refractivity contribution in [2.45, 2.75) is 82.4 Å². The van der Waals surface area contributed by atoms with Crippen molar-refractivity contribution in [1.29, 1.82) is 0 Å². The van der Waals surface area contributed by atoms with Crippen molar-refractivity contribution in [3.8, 4) is 0 Å². The number of esters is 1. The molecule has 2 aliphatic heterocycles. The Hall–Kier alpha value is -6.04. The summed E-state index contributed by atoms with van der Waals surface area (Å²) in [5.74, 6) is -1.83. The van der Waals surface area contributed by atoms with Gasteiger partial charge >= 0.3 is 18.2 Å². The van der Waals surface area contributed by atoms with E-state index >= 15 is 0 Å². The second kappa shape index (κ2) is 20.4. The molecule has 2 heterocycles. The van der Waals surface area contributed by atoms with Gasteiger partial charge in [-0.1, -0.05) is 32.5 Å². The van der Waals surface area contributed by atoms with E-state index in [-0.39, 0.29) is 66.6 Å². The minimum absolute atomic E-state index is 0.0517. The van der Waals surface area contributed by atoms with E-state index in [1.807, 2.05) is 6.92 Å². The van der Waals surface area contributed by atoms with Gasteiger partial charge < -0.3 is 29.3 Å². The molecule has 0 radical (unpaired) electrons. The third kappa shape index (κ3) is 12.3. The number of ether oxygens (including phenoxy) is 3. The molecule has 1 saturated heterocycles. The van der Waals surface area contributed by atoms with Gasteiger partial charge in [0.25, 0.3) is 17.1 Å². The number of amides is 3. The molecule has 63 heavy (non-hydrogen) atoms. The van der Waals surface area contributed by atoms with Crippen LogP contribution in [0.4, 0.5) is 26.7 Å². The van der Waals surface area contributed by atoms with Gasteiger partial charge in [-0.15, -0.1) is 11.8 Å². The fourth-order valence-corrected chi connectivity index (χ4v) is 10.6. The van der Waals surface area contributed by atoms with E-state index in [0.29, 0.717) is 20.9 Å². The number of carbonyl (C=O) groups is 4. The number of hydrogen-bond donors (Lipinski definition) is 2. The number of β-lactam (4-membered cyclic amide) rings is 1. The summed E-state index contributed by atoms with van der Waals surface area (Å²) in [5.41, 5.74) is 0.964. The highest BCUT2D eigenvalue weighted by atomic mass is 32.2. The minimum atomic E-state index is -2.34. The number of benzene rings is 3. The first-order chi connectivity index (χ1) is 29.6. The van der Waals surface area contributed by atoms with Gasteiger partial charge in [-0.2, -0.15) is 0 Å². The molecule has 0 spiro atoms. The highest BCUT2D eigenvalue weighted by Crippen LogP contribution is 2.55. The molecule has 20 nitrogen and oxygen atoms in total. The van der Waals surface area contributed by atoms with Crippen LogP contribution in [0.5, 0.6) is 0 Å². The molecule has 1 fully saturated rings. The molecule has 0 bridgehead atoms. The molecule has 5 rings (SSSR count). The zero-order valence-corrected chi connectivity index (χ0v) is 37.7. The maximum atomic E-state index is 14.0. The van der Waals surface area contributed by atoms with Crippen molar-refractivity contribution in [2.75, 3.05) is 13.1 Å². The van der Waals surface area contributed by atoms with Crippen LogP contribution in [0.25, 0.3) is 0 Å². The normalized spacial score (nSPS) is 16.4. The van der Waals surface area contributed by atoms with E-state index in [9.17, 15) is 49.5 Å². The molecular formula is C40H46N6O14S2Si. The topological polar surface area (TPSA) is 262 Å². The third-order valence-electron chi connectivity index (χ3n) is 10.5. The summed E-state index contributed by atoms with van der Waals surface area (Å²) in [6.07, 6.45) is -2.22. The van der Waals surface area contributed by atoms with Crippen molar-refractivity contribution >= 4 is 73.0 Å². The van der Waals surface area contributed by atoms with Crippen molar-refractivity contribution in [1.82, 2.24) is 15.5 Å². The van der Waals surface area contributed by atoms with Crippen LogP contribution in [0.1, 0.15) is 44.4 Å². The number of fused-ring (bicyclic) bond motifs is 1. The van der Waals surface area contributed by atoms with Crippen LogP contribution in [0, 0.1) is 36.3 Å². The van der Waals surface area contributed by atoms with Crippen molar-refractivity contribution in [3.63, 3.8) is 0 Å². The molecule has 0 unspecified atom stereocenters. The number of nitrogens with one attached hydrogen (secondary N) is 2. The smallest absolute Gasteiger partial charge is 0.407 e. The van der Waals surface area contributed by atoms with Crippen LogP contribution in [0.2, 0.25) is 18.1 Å². The van der Waals surface area contributed by atoms with Crippen molar-refractivity contribution in [2.24, 2.45) is 5.92 Å². The zero-order chi connectivity index (χ0) is 46.2. The van der Waals surface area contributed by atoms with E-state index < -0.39 is 63.9 Å². The van der Waals surface area contributed by atoms with Crippen LogP contribution < -0.4 is 10.6 Å². The average molecular weight is 927 g/mol. The number of hydrogen-bond acceptors (Lipinski definition) is 16. The molecule has 2 aliphatic rings. The minimum Gasteiger partial charge on any atom is -0.456 e. The summed E-state index contributed by atoms with van der Waals surface area (Å²) < 4.78 is 23.3. The molecule has 0 saturated carbocycles. The van der Waals surface area contributed by atoms with Crippen LogP contribution in [0.3, 0.4) is 0 Å². The lowest BCUT2D eigenvalue weighted by atomic mass is 9.92. The molecule has 3 aromatic carbocycles. The highest BCUT2D eigenvalue weighted by Gasteiger charge is 2.59. The predicted octanol–water partition coefficient (Wildman–Crippen LogP) is 7.52. The van der Waals surface area contributed by atoms with Crippen molar-refractivity contribution < 1.29 is 52.6 Å². The molecule has 0 aliphatic carbocycles. The number of rotatable bonds is 19. The molecule has 3 amide bonds. The largest absolute Gasteiger partial charge is 0.456 e. The van der Waals surface area contributed by atoms with E-state index in [2.05, 4.69) is 44.5 Å². The number of nitro benzene ring substituents is 3. The second-order valence-corrected chi connectivity index (χ2v) is 23.4. The molecule has 336 valence electrons. The zero-order valence-electron chi connectivity index (χ0n) is 35.1. The van der Waals surface area contributed by atoms with Crippen molar-refractivity contribution in [3.05, 3.63) is 130 Å². The quantitative estimate of drug-likeness (QED) is 0.0294. The molecule has 23 heteroatoms. The lowest BCUT2D eigenvalue weighted by Gasteiger charge is -2.48. The van der Waals surface area contributed by atoms with E-state index in [1.165, 1.54) is 89.5 Å². The Morgan fingerprint density at radius 1 is 0.746 bits per heavy atom.